The molecule has 2 N–H and O–H groups in total. The molecule has 15 heavy (non-hydrogen) atoms. The number of aryl methyl sites for hydroxylation is 1. The molecule has 1 rings (SSSR count). The van der Waals surface area contributed by atoms with Gasteiger partial charge in [0.1, 0.15) is 0 Å². The van der Waals surface area contributed by atoms with Crippen LogP contribution in [0.1, 0.15) is 38.0 Å². The van der Waals surface area contributed by atoms with Crippen molar-refractivity contribution < 1.29 is 5.11 Å². The summed E-state index contributed by atoms with van der Waals surface area (Å²) in [6, 6.07) is 8.48. The molecule has 0 radical (unpaired) electrons. The van der Waals surface area contributed by atoms with Crippen LogP contribution in [0.15, 0.2) is 24.3 Å². The summed E-state index contributed by atoms with van der Waals surface area (Å²) < 4.78 is 0. The smallest absolute Gasteiger partial charge is 0.0940 e. The van der Waals surface area contributed by atoms with Crippen LogP contribution in [-0.4, -0.2) is 17.2 Å². The Kier molecular flexibility index (Phi) is 4.30. The predicted molar refractivity (Wildman–Crippen MR) is 63.9 cm³/mol. The Morgan fingerprint density at radius 2 is 1.87 bits per heavy atom. The summed E-state index contributed by atoms with van der Waals surface area (Å²) in [5.74, 6) is 0. The van der Waals surface area contributed by atoms with Gasteiger partial charge in [-0.2, -0.15) is 0 Å². The first kappa shape index (κ1) is 12.2. The minimum absolute atomic E-state index is 0.0757. The summed E-state index contributed by atoms with van der Waals surface area (Å²) in [4.78, 5) is 0. The number of aliphatic hydroxyl groups is 1. The summed E-state index contributed by atoms with van der Waals surface area (Å²) in [5.41, 5.74) is 2.17. The van der Waals surface area contributed by atoms with Crippen LogP contribution >= 0.6 is 0 Å². The summed E-state index contributed by atoms with van der Waals surface area (Å²) in [7, 11) is 0. The van der Waals surface area contributed by atoms with Crippen LogP contribution in [0.4, 0.5) is 0 Å². The van der Waals surface area contributed by atoms with Gasteiger partial charge in [0.2, 0.25) is 0 Å². The molecule has 0 aromatic heterocycles. The van der Waals surface area contributed by atoms with E-state index in [1.807, 2.05) is 38.1 Å². The summed E-state index contributed by atoms with van der Waals surface area (Å²) in [6.45, 7) is 8.21. The molecule has 0 saturated carbocycles. The highest BCUT2D eigenvalue weighted by Crippen LogP contribution is 2.17. The summed E-state index contributed by atoms with van der Waals surface area (Å²) in [5, 5.41) is 13.4. The highest BCUT2D eigenvalue weighted by molar-refractivity contribution is 5.24. The third-order valence-electron chi connectivity index (χ3n) is 2.45. The monoisotopic (exact) mass is 207 g/mol. The van der Waals surface area contributed by atoms with Gasteiger partial charge in [0.05, 0.1) is 6.10 Å². The Bertz CT molecular complexity index is 309. The molecular formula is C13H21NO. The van der Waals surface area contributed by atoms with Gasteiger partial charge in [-0.3, -0.25) is 0 Å². The average molecular weight is 207 g/mol. The third-order valence-corrected chi connectivity index (χ3v) is 2.45. The lowest BCUT2D eigenvalue weighted by Gasteiger charge is -2.23. The molecule has 84 valence electrons. The standard InChI is InChI=1S/C13H21NO/c1-9(2)14-11(4)13(15)12-7-5-6-10(3)8-12/h5-9,11,13-15H,1-4H3/t11-,13-/m1/s1. The fraction of sp³-hybridized carbons (Fsp3) is 0.538. The minimum atomic E-state index is -0.438. The summed E-state index contributed by atoms with van der Waals surface area (Å²) >= 11 is 0. The zero-order chi connectivity index (χ0) is 11.4. The molecular weight excluding hydrogens is 186 g/mol. The van der Waals surface area contributed by atoms with Gasteiger partial charge >= 0.3 is 0 Å². The van der Waals surface area contributed by atoms with E-state index in [1.54, 1.807) is 0 Å². The minimum Gasteiger partial charge on any atom is -0.387 e. The SMILES string of the molecule is Cc1cccc([C@H](O)[C@@H](C)NC(C)C)c1. The van der Waals surface area contributed by atoms with Crippen LogP contribution < -0.4 is 5.32 Å². The van der Waals surface area contributed by atoms with Gasteiger partial charge in [0.25, 0.3) is 0 Å². The van der Waals surface area contributed by atoms with E-state index in [0.29, 0.717) is 6.04 Å². The van der Waals surface area contributed by atoms with E-state index in [9.17, 15) is 5.11 Å². The van der Waals surface area contributed by atoms with Crippen molar-refractivity contribution in [3.05, 3.63) is 35.4 Å². The number of rotatable bonds is 4. The Balaban J connectivity index is 2.71. The molecule has 1 aromatic rings. The molecule has 0 aliphatic rings. The number of nitrogens with one attached hydrogen (secondary N) is 1. The van der Waals surface area contributed by atoms with Gasteiger partial charge in [0.15, 0.2) is 0 Å². The van der Waals surface area contributed by atoms with Crippen molar-refractivity contribution in [3.8, 4) is 0 Å². The summed E-state index contributed by atoms with van der Waals surface area (Å²) in [6.07, 6.45) is -0.438. The lowest BCUT2D eigenvalue weighted by Crippen LogP contribution is -2.36. The lowest BCUT2D eigenvalue weighted by molar-refractivity contribution is 0.131. The molecule has 0 fully saturated rings. The third kappa shape index (κ3) is 3.65. The van der Waals surface area contributed by atoms with Crippen molar-refractivity contribution in [3.63, 3.8) is 0 Å². The van der Waals surface area contributed by atoms with Crippen LogP contribution in [0, 0.1) is 6.92 Å². The van der Waals surface area contributed by atoms with Crippen molar-refractivity contribution in [2.45, 2.75) is 45.9 Å². The second-order valence-corrected chi connectivity index (χ2v) is 4.47. The van der Waals surface area contributed by atoms with Crippen LogP contribution in [-0.2, 0) is 0 Å². The van der Waals surface area contributed by atoms with Crippen molar-refractivity contribution in [1.29, 1.82) is 0 Å². The largest absolute Gasteiger partial charge is 0.387 e. The lowest BCUT2D eigenvalue weighted by atomic mass is 10.0. The second-order valence-electron chi connectivity index (χ2n) is 4.47. The van der Waals surface area contributed by atoms with Crippen LogP contribution in [0.5, 0.6) is 0 Å². The van der Waals surface area contributed by atoms with E-state index >= 15 is 0 Å². The van der Waals surface area contributed by atoms with E-state index in [4.69, 9.17) is 0 Å². The molecule has 0 saturated heterocycles. The molecule has 2 heteroatoms. The zero-order valence-corrected chi connectivity index (χ0v) is 9.99. The normalized spacial score (nSPS) is 15.3. The van der Waals surface area contributed by atoms with E-state index in [0.717, 1.165) is 5.56 Å². The van der Waals surface area contributed by atoms with E-state index in [-0.39, 0.29) is 6.04 Å². The molecule has 0 aliphatic carbocycles. The van der Waals surface area contributed by atoms with E-state index in [1.165, 1.54) is 5.56 Å². The highest BCUT2D eigenvalue weighted by atomic mass is 16.3. The van der Waals surface area contributed by atoms with Crippen molar-refractivity contribution >= 4 is 0 Å². The number of hydrogen-bond acceptors (Lipinski definition) is 2. The van der Waals surface area contributed by atoms with E-state index < -0.39 is 6.10 Å². The Morgan fingerprint density at radius 3 is 2.40 bits per heavy atom. The molecule has 0 amide bonds. The Labute approximate surface area is 92.3 Å². The molecule has 2 nitrogen and oxygen atoms in total. The fourth-order valence-electron chi connectivity index (χ4n) is 1.76. The van der Waals surface area contributed by atoms with Crippen molar-refractivity contribution in [2.24, 2.45) is 0 Å². The topological polar surface area (TPSA) is 32.3 Å². The first-order valence-corrected chi connectivity index (χ1v) is 5.51. The van der Waals surface area contributed by atoms with Gasteiger partial charge in [-0.15, -0.1) is 0 Å². The number of benzene rings is 1. The maximum atomic E-state index is 10.1. The van der Waals surface area contributed by atoms with Gasteiger partial charge in [-0.1, -0.05) is 43.7 Å². The van der Waals surface area contributed by atoms with Crippen LogP contribution in [0.3, 0.4) is 0 Å². The molecule has 0 bridgehead atoms. The van der Waals surface area contributed by atoms with Gasteiger partial charge in [0, 0.05) is 12.1 Å². The Hall–Kier alpha value is -0.860. The molecule has 2 atom stereocenters. The van der Waals surface area contributed by atoms with Crippen molar-refractivity contribution in [1.82, 2.24) is 5.32 Å². The molecule has 0 aliphatic heterocycles. The average Bonchev–Trinajstić information content (AvgIpc) is 2.15. The maximum Gasteiger partial charge on any atom is 0.0940 e. The van der Waals surface area contributed by atoms with Crippen LogP contribution in [0.2, 0.25) is 0 Å². The number of aliphatic hydroxyl groups excluding tert-OH is 1. The molecule has 0 spiro atoms. The molecule has 0 unspecified atom stereocenters. The van der Waals surface area contributed by atoms with Crippen molar-refractivity contribution in [2.75, 3.05) is 0 Å². The first-order valence-electron chi connectivity index (χ1n) is 5.51. The molecule has 1 aromatic carbocycles. The maximum absolute atomic E-state index is 10.1. The van der Waals surface area contributed by atoms with E-state index in [2.05, 4.69) is 19.2 Å². The second kappa shape index (κ2) is 5.29. The molecule has 0 heterocycles. The van der Waals surface area contributed by atoms with Crippen LogP contribution in [0.25, 0.3) is 0 Å². The fourth-order valence-corrected chi connectivity index (χ4v) is 1.76. The highest BCUT2D eigenvalue weighted by Gasteiger charge is 2.16. The first-order chi connectivity index (χ1) is 7.00. The Morgan fingerprint density at radius 1 is 1.20 bits per heavy atom. The van der Waals surface area contributed by atoms with Gasteiger partial charge in [-0.25, -0.2) is 0 Å². The quantitative estimate of drug-likeness (QED) is 0.794. The van der Waals surface area contributed by atoms with Gasteiger partial charge in [-0.05, 0) is 19.4 Å². The zero-order valence-electron chi connectivity index (χ0n) is 9.99. The van der Waals surface area contributed by atoms with Gasteiger partial charge < -0.3 is 10.4 Å². The predicted octanol–water partition coefficient (Wildman–Crippen LogP) is 2.41. The number of hydrogen-bond donors (Lipinski definition) is 2.